The maximum absolute atomic E-state index is 12.2. The Balaban J connectivity index is 1.85. The highest BCUT2D eigenvalue weighted by molar-refractivity contribution is 9.10. The van der Waals surface area contributed by atoms with Gasteiger partial charge in [-0.1, -0.05) is 26.8 Å². The zero-order valence-electron chi connectivity index (χ0n) is 17.1. The number of rotatable bonds is 8. The van der Waals surface area contributed by atoms with E-state index in [1.165, 1.54) is 5.56 Å². The van der Waals surface area contributed by atoms with E-state index in [1.807, 2.05) is 6.07 Å². The average molecular weight is 450 g/mol. The first-order valence-electron chi connectivity index (χ1n) is 9.19. The summed E-state index contributed by atoms with van der Waals surface area (Å²) in [6, 6.07) is 11.4. The number of ether oxygens (including phenoxy) is 3. The van der Waals surface area contributed by atoms with Crippen LogP contribution < -0.4 is 19.5 Å². The molecule has 0 fully saturated rings. The molecule has 0 aliphatic carbocycles. The summed E-state index contributed by atoms with van der Waals surface area (Å²) >= 11 is 3.56. The molecule has 0 aliphatic heterocycles. The second kappa shape index (κ2) is 9.82. The van der Waals surface area contributed by atoms with E-state index >= 15 is 0 Å². The van der Waals surface area contributed by atoms with Gasteiger partial charge in [0.05, 0.1) is 31.0 Å². The Labute approximate surface area is 175 Å². The highest BCUT2D eigenvalue weighted by Gasteiger charge is 2.15. The fourth-order valence-electron chi connectivity index (χ4n) is 2.62. The molecule has 28 heavy (non-hydrogen) atoms. The Bertz CT molecular complexity index is 815. The summed E-state index contributed by atoms with van der Waals surface area (Å²) in [5, 5.41) is 2.86. The number of methoxy groups -OCH3 is 2. The van der Waals surface area contributed by atoms with E-state index in [4.69, 9.17) is 14.2 Å². The van der Waals surface area contributed by atoms with Crippen molar-refractivity contribution in [3.05, 3.63) is 46.4 Å². The maximum Gasteiger partial charge on any atom is 0.224 e. The van der Waals surface area contributed by atoms with Crippen LogP contribution in [-0.2, 0) is 10.2 Å². The molecule has 0 saturated heterocycles. The molecule has 1 amide bonds. The summed E-state index contributed by atoms with van der Waals surface area (Å²) in [4.78, 5) is 12.2. The molecule has 2 aromatic rings. The first kappa shape index (κ1) is 22.1. The van der Waals surface area contributed by atoms with Crippen molar-refractivity contribution in [1.29, 1.82) is 0 Å². The molecule has 1 N–H and O–H groups in total. The number of carbonyl (C=O) groups is 1. The van der Waals surface area contributed by atoms with Crippen molar-refractivity contribution in [2.45, 2.75) is 39.0 Å². The Kier molecular flexibility index (Phi) is 7.75. The molecule has 0 aromatic heterocycles. The minimum atomic E-state index is -0.0997. The van der Waals surface area contributed by atoms with Crippen LogP contribution >= 0.6 is 15.9 Å². The summed E-state index contributed by atoms with van der Waals surface area (Å²) in [5.41, 5.74) is 1.91. The van der Waals surface area contributed by atoms with Crippen LogP contribution in [0.15, 0.2) is 40.9 Å². The zero-order valence-corrected chi connectivity index (χ0v) is 18.7. The van der Waals surface area contributed by atoms with Crippen LogP contribution in [0.25, 0.3) is 0 Å². The van der Waals surface area contributed by atoms with Crippen molar-refractivity contribution >= 4 is 27.5 Å². The standard InChI is InChI=1S/C22H28BrNO4/c1-22(2,3)15-8-10-19(17(23)13-15)28-12-6-7-21(25)24-18-14-16(26-4)9-11-20(18)27-5/h8-11,13-14H,6-7,12H2,1-5H3,(H,24,25). The average Bonchev–Trinajstić information content (AvgIpc) is 2.65. The Morgan fingerprint density at radius 2 is 1.75 bits per heavy atom. The lowest BCUT2D eigenvalue weighted by Crippen LogP contribution is -2.14. The Morgan fingerprint density at radius 3 is 2.36 bits per heavy atom. The molecule has 0 radical (unpaired) electrons. The van der Waals surface area contributed by atoms with Crippen molar-refractivity contribution < 1.29 is 19.0 Å². The molecule has 152 valence electrons. The number of halogens is 1. The molecule has 6 heteroatoms. The van der Waals surface area contributed by atoms with Crippen LogP contribution in [0.1, 0.15) is 39.2 Å². The van der Waals surface area contributed by atoms with E-state index in [2.05, 4.69) is 54.2 Å². The summed E-state index contributed by atoms with van der Waals surface area (Å²) in [7, 11) is 3.14. The molecule has 0 unspecified atom stereocenters. The fourth-order valence-corrected chi connectivity index (χ4v) is 3.12. The lowest BCUT2D eigenvalue weighted by atomic mass is 9.87. The van der Waals surface area contributed by atoms with Crippen LogP contribution in [0.4, 0.5) is 5.69 Å². The highest BCUT2D eigenvalue weighted by Crippen LogP contribution is 2.32. The van der Waals surface area contributed by atoms with Crippen molar-refractivity contribution in [2.24, 2.45) is 0 Å². The SMILES string of the molecule is COc1ccc(OC)c(NC(=O)CCCOc2ccc(C(C)(C)C)cc2Br)c1. The van der Waals surface area contributed by atoms with Gasteiger partial charge >= 0.3 is 0 Å². The predicted molar refractivity (Wildman–Crippen MR) is 116 cm³/mol. The first-order valence-corrected chi connectivity index (χ1v) is 9.98. The van der Waals surface area contributed by atoms with E-state index in [-0.39, 0.29) is 11.3 Å². The van der Waals surface area contributed by atoms with Gasteiger partial charge in [-0.15, -0.1) is 0 Å². The number of hydrogen-bond acceptors (Lipinski definition) is 4. The lowest BCUT2D eigenvalue weighted by molar-refractivity contribution is -0.116. The largest absolute Gasteiger partial charge is 0.497 e. The molecule has 0 spiro atoms. The van der Waals surface area contributed by atoms with E-state index in [0.29, 0.717) is 36.6 Å². The van der Waals surface area contributed by atoms with Crippen LogP contribution in [0.2, 0.25) is 0 Å². The van der Waals surface area contributed by atoms with Gasteiger partial charge < -0.3 is 19.5 Å². The van der Waals surface area contributed by atoms with E-state index in [1.54, 1.807) is 32.4 Å². The number of hydrogen-bond donors (Lipinski definition) is 1. The van der Waals surface area contributed by atoms with Gasteiger partial charge in [0.1, 0.15) is 17.2 Å². The molecule has 0 heterocycles. The molecule has 5 nitrogen and oxygen atoms in total. The van der Waals surface area contributed by atoms with Crippen LogP contribution in [-0.4, -0.2) is 26.7 Å². The van der Waals surface area contributed by atoms with Crippen molar-refractivity contribution in [3.63, 3.8) is 0 Å². The van der Waals surface area contributed by atoms with Gasteiger partial charge in [0.2, 0.25) is 5.91 Å². The quantitative estimate of drug-likeness (QED) is 0.535. The van der Waals surface area contributed by atoms with E-state index in [9.17, 15) is 4.79 Å². The minimum Gasteiger partial charge on any atom is -0.497 e. The molecule has 2 aromatic carbocycles. The van der Waals surface area contributed by atoms with Crippen LogP contribution in [0.3, 0.4) is 0 Å². The normalized spacial score (nSPS) is 11.1. The van der Waals surface area contributed by atoms with Gasteiger partial charge in [0, 0.05) is 12.5 Å². The van der Waals surface area contributed by atoms with E-state index in [0.717, 1.165) is 10.2 Å². The highest BCUT2D eigenvalue weighted by atomic mass is 79.9. The van der Waals surface area contributed by atoms with Crippen molar-refractivity contribution in [2.75, 3.05) is 26.1 Å². The van der Waals surface area contributed by atoms with Crippen LogP contribution in [0.5, 0.6) is 17.2 Å². The minimum absolute atomic E-state index is 0.0836. The lowest BCUT2D eigenvalue weighted by Gasteiger charge is -2.20. The smallest absolute Gasteiger partial charge is 0.224 e. The Morgan fingerprint density at radius 1 is 1.04 bits per heavy atom. The second-order valence-electron chi connectivity index (χ2n) is 7.46. The third-order valence-corrected chi connectivity index (χ3v) is 4.90. The predicted octanol–water partition coefficient (Wildman–Crippen LogP) is 5.56. The number of benzene rings is 2. The topological polar surface area (TPSA) is 56.8 Å². The maximum atomic E-state index is 12.2. The molecule has 0 atom stereocenters. The van der Waals surface area contributed by atoms with Gasteiger partial charge in [-0.25, -0.2) is 0 Å². The molecular formula is C22H28BrNO4. The second-order valence-corrected chi connectivity index (χ2v) is 8.32. The third kappa shape index (κ3) is 6.16. The summed E-state index contributed by atoms with van der Waals surface area (Å²) in [6.45, 7) is 6.97. The van der Waals surface area contributed by atoms with Crippen LogP contribution in [0, 0.1) is 0 Å². The van der Waals surface area contributed by atoms with Crippen molar-refractivity contribution in [1.82, 2.24) is 0 Å². The Hall–Kier alpha value is -2.21. The molecule has 0 bridgehead atoms. The van der Waals surface area contributed by atoms with Gasteiger partial charge in [-0.05, 0) is 57.6 Å². The van der Waals surface area contributed by atoms with Gasteiger partial charge in [0.25, 0.3) is 0 Å². The van der Waals surface area contributed by atoms with E-state index < -0.39 is 0 Å². The molecule has 0 aliphatic rings. The monoisotopic (exact) mass is 449 g/mol. The number of anilines is 1. The number of nitrogens with one attached hydrogen (secondary N) is 1. The number of amides is 1. The summed E-state index contributed by atoms with van der Waals surface area (Å²) in [6.07, 6.45) is 0.948. The van der Waals surface area contributed by atoms with Gasteiger partial charge in [0.15, 0.2) is 0 Å². The number of carbonyl (C=O) groups excluding carboxylic acids is 1. The van der Waals surface area contributed by atoms with Gasteiger partial charge in [-0.3, -0.25) is 4.79 Å². The molecule has 0 saturated carbocycles. The first-order chi connectivity index (χ1) is 13.2. The van der Waals surface area contributed by atoms with Crippen molar-refractivity contribution in [3.8, 4) is 17.2 Å². The fraction of sp³-hybridized carbons (Fsp3) is 0.409. The molecule has 2 rings (SSSR count). The molecular weight excluding hydrogens is 422 g/mol. The zero-order chi connectivity index (χ0) is 20.7. The summed E-state index contributed by atoms with van der Waals surface area (Å²) < 4.78 is 17.2. The third-order valence-electron chi connectivity index (χ3n) is 4.28. The van der Waals surface area contributed by atoms with Gasteiger partial charge in [-0.2, -0.15) is 0 Å². The summed E-state index contributed by atoms with van der Waals surface area (Å²) in [5.74, 6) is 1.93.